The van der Waals surface area contributed by atoms with Gasteiger partial charge in [-0.3, -0.25) is 4.79 Å². The molecule has 0 heterocycles. The summed E-state index contributed by atoms with van der Waals surface area (Å²) in [6.45, 7) is 4.30. The van der Waals surface area contributed by atoms with E-state index in [1.54, 1.807) is 6.08 Å². The third-order valence-electron chi connectivity index (χ3n) is 9.27. The van der Waals surface area contributed by atoms with Crippen LogP contribution in [0, 0.1) is 0 Å². The molecule has 0 radical (unpaired) electrons. The van der Waals surface area contributed by atoms with E-state index in [-0.39, 0.29) is 12.5 Å². The number of carbonyl (C=O) groups excluding carboxylic acids is 1. The van der Waals surface area contributed by atoms with E-state index in [1.165, 1.54) is 173 Å². The highest BCUT2D eigenvalue weighted by atomic mass is 16.3. The topological polar surface area (TPSA) is 69.6 Å². The van der Waals surface area contributed by atoms with Gasteiger partial charge in [0.15, 0.2) is 0 Å². The monoisotopic (exact) mass is 622 g/mol. The lowest BCUT2D eigenvalue weighted by Gasteiger charge is -2.20. The number of aliphatic hydroxyl groups excluding tert-OH is 2. The van der Waals surface area contributed by atoms with E-state index in [1.807, 2.05) is 6.08 Å². The zero-order valence-corrected chi connectivity index (χ0v) is 29.9. The molecular formula is C40H79NO3. The molecule has 0 unspecified atom stereocenters. The van der Waals surface area contributed by atoms with Gasteiger partial charge in [0.1, 0.15) is 0 Å². The highest BCUT2D eigenvalue weighted by Crippen LogP contribution is 2.16. The summed E-state index contributed by atoms with van der Waals surface area (Å²) in [6, 6.07) is -0.614. The van der Waals surface area contributed by atoms with Crippen LogP contribution in [-0.2, 0) is 4.79 Å². The fourth-order valence-corrected chi connectivity index (χ4v) is 6.18. The molecule has 44 heavy (non-hydrogen) atoms. The van der Waals surface area contributed by atoms with Crippen LogP contribution >= 0.6 is 0 Å². The van der Waals surface area contributed by atoms with Gasteiger partial charge in [-0.15, -0.1) is 0 Å². The maximum absolute atomic E-state index is 12.3. The molecule has 0 aliphatic rings. The summed E-state index contributed by atoms with van der Waals surface area (Å²) in [5.41, 5.74) is 0. The van der Waals surface area contributed by atoms with Gasteiger partial charge >= 0.3 is 0 Å². The van der Waals surface area contributed by atoms with Gasteiger partial charge in [-0.2, -0.15) is 0 Å². The molecule has 0 aromatic carbocycles. The Balaban J connectivity index is 3.48. The SMILES string of the molecule is CCCCCCCCCC/C=C/[C@@H](O)[C@H](CO)NC(=O)CCCCCCCCCCCCCCCCCCCCCCCC. The summed E-state index contributed by atoms with van der Waals surface area (Å²) >= 11 is 0. The van der Waals surface area contributed by atoms with Gasteiger partial charge in [0.05, 0.1) is 18.8 Å². The van der Waals surface area contributed by atoms with E-state index in [2.05, 4.69) is 19.2 Å². The lowest BCUT2D eigenvalue weighted by Crippen LogP contribution is -2.45. The van der Waals surface area contributed by atoms with Crippen molar-refractivity contribution < 1.29 is 15.0 Å². The minimum atomic E-state index is -0.831. The number of nitrogens with one attached hydrogen (secondary N) is 1. The van der Waals surface area contributed by atoms with Crippen LogP contribution in [0.4, 0.5) is 0 Å². The Bertz CT molecular complexity index is 593. The van der Waals surface area contributed by atoms with Crippen molar-refractivity contribution in [3.8, 4) is 0 Å². The summed E-state index contributed by atoms with van der Waals surface area (Å²) in [5, 5.41) is 22.8. The highest BCUT2D eigenvalue weighted by Gasteiger charge is 2.17. The van der Waals surface area contributed by atoms with Crippen LogP contribution in [0.3, 0.4) is 0 Å². The largest absolute Gasteiger partial charge is 0.394 e. The number of allylic oxidation sites excluding steroid dienone is 1. The van der Waals surface area contributed by atoms with Gasteiger partial charge in [0, 0.05) is 6.42 Å². The first-order valence-corrected chi connectivity index (χ1v) is 19.9. The average molecular weight is 622 g/mol. The predicted molar refractivity (Wildman–Crippen MR) is 193 cm³/mol. The third-order valence-corrected chi connectivity index (χ3v) is 9.27. The Morgan fingerprint density at radius 2 is 0.841 bits per heavy atom. The van der Waals surface area contributed by atoms with Crippen LogP contribution in [0.5, 0.6) is 0 Å². The molecule has 4 nitrogen and oxygen atoms in total. The molecule has 262 valence electrons. The summed E-state index contributed by atoms with van der Waals surface area (Å²) in [5.74, 6) is -0.0623. The first-order valence-electron chi connectivity index (χ1n) is 19.9. The third kappa shape index (κ3) is 32.5. The number of hydrogen-bond acceptors (Lipinski definition) is 3. The van der Waals surface area contributed by atoms with Gasteiger partial charge in [0.25, 0.3) is 0 Å². The van der Waals surface area contributed by atoms with Crippen LogP contribution in [0.2, 0.25) is 0 Å². The summed E-state index contributed by atoms with van der Waals surface area (Å²) in [6.07, 6.45) is 44.6. The zero-order valence-electron chi connectivity index (χ0n) is 29.9. The fraction of sp³-hybridized carbons (Fsp3) is 0.925. The predicted octanol–water partition coefficient (Wildman–Crippen LogP) is 11.9. The van der Waals surface area contributed by atoms with Crippen LogP contribution in [0.25, 0.3) is 0 Å². The lowest BCUT2D eigenvalue weighted by molar-refractivity contribution is -0.123. The van der Waals surface area contributed by atoms with Gasteiger partial charge < -0.3 is 15.5 Å². The van der Waals surface area contributed by atoms with Crippen molar-refractivity contribution in [3.63, 3.8) is 0 Å². The van der Waals surface area contributed by atoms with Gasteiger partial charge in [0.2, 0.25) is 5.91 Å². The minimum Gasteiger partial charge on any atom is -0.394 e. The summed E-state index contributed by atoms with van der Waals surface area (Å²) in [7, 11) is 0. The van der Waals surface area contributed by atoms with E-state index < -0.39 is 12.1 Å². The van der Waals surface area contributed by atoms with E-state index in [0.29, 0.717) is 6.42 Å². The maximum atomic E-state index is 12.3. The highest BCUT2D eigenvalue weighted by molar-refractivity contribution is 5.76. The molecule has 0 aromatic heterocycles. The number of carbonyl (C=O) groups is 1. The van der Waals surface area contributed by atoms with Crippen molar-refractivity contribution in [1.82, 2.24) is 5.32 Å². The second kappa shape index (κ2) is 36.6. The van der Waals surface area contributed by atoms with Crippen LogP contribution in [0.15, 0.2) is 12.2 Å². The second-order valence-electron chi connectivity index (χ2n) is 13.7. The molecule has 0 bridgehead atoms. The van der Waals surface area contributed by atoms with E-state index in [0.717, 1.165) is 25.7 Å². The van der Waals surface area contributed by atoms with Crippen molar-refractivity contribution in [2.45, 2.75) is 231 Å². The van der Waals surface area contributed by atoms with Gasteiger partial charge in [-0.1, -0.05) is 206 Å². The van der Waals surface area contributed by atoms with Crippen molar-refractivity contribution in [2.24, 2.45) is 0 Å². The molecule has 0 spiro atoms. The summed E-state index contributed by atoms with van der Waals surface area (Å²) in [4.78, 5) is 12.3. The van der Waals surface area contributed by atoms with E-state index >= 15 is 0 Å². The lowest BCUT2D eigenvalue weighted by atomic mass is 10.0. The van der Waals surface area contributed by atoms with Crippen molar-refractivity contribution >= 4 is 5.91 Å². The molecule has 0 aliphatic heterocycles. The first-order chi connectivity index (χ1) is 21.7. The molecule has 0 fully saturated rings. The molecule has 4 heteroatoms. The maximum Gasteiger partial charge on any atom is 0.220 e. The molecule has 0 aliphatic carbocycles. The van der Waals surface area contributed by atoms with Crippen LogP contribution in [0.1, 0.15) is 219 Å². The Kier molecular flexibility index (Phi) is 35.9. The first kappa shape index (κ1) is 43.1. The molecule has 2 atom stereocenters. The summed E-state index contributed by atoms with van der Waals surface area (Å²) < 4.78 is 0. The molecule has 3 N–H and O–H groups in total. The number of amides is 1. The van der Waals surface area contributed by atoms with Gasteiger partial charge in [-0.05, 0) is 19.3 Å². The normalized spacial score (nSPS) is 13.1. The van der Waals surface area contributed by atoms with E-state index in [9.17, 15) is 15.0 Å². The number of aliphatic hydroxyl groups is 2. The Morgan fingerprint density at radius 3 is 1.18 bits per heavy atom. The Morgan fingerprint density at radius 1 is 0.523 bits per heavy atom. The standard InChI is InChI=1S/C40H79NO3/c1-3-5-7-9-11-13-15-16-17-18-19-20-21-22-23-24-25-26-28-30-32-34-36-40(44)41-38(37-42)39(43)35-33-31-29-27-14-12-10-8-6-4-2/h33,35,38-39,42-43H,3-32,34,36-37H2,1-2H3,(H,41,44)/b35-33+/t38-,39+/m0/s1. The quantitative estimate of drug-likeness (QED) is 0.0481. The van der Waals surface area contributed by atoms with Gasteiger partial charge in [-0.25, -0.2) is 0 Å². The number of hydrogen-bond donors (Lipinski definition) is 3. The van der Waals surface area contributed by atoms with Crippen molar-refractivity contribution in [1.29, 1.82) is 0 Å². The minimum absolute atomic E-state index is 0.0623. The van der Waals surface area contributed by atoms with Crippen molar-refractivity contribution in [3.05, 3.63) is 12.2 Å². The molecule has 1 amide bonds. The molecule has 0 saturated heterocycles. The molecule has 0 rings (SSSR count). The molecule has 0 saturated carbocycles. The average Bonchev–Trinajstić information content (AvgIpc) is 3.03. The Hall–Kier alpha value is -0.870. The zero-order chi connectivity index (χ0) is 32.2. The molecule has 0 aromatic rings. The van der Waals surface area contributed by atoms with Crippen LogP contribution < -0.4 is 5.32 Å². The smallest absolute Gasteiger partial charge is 0.220 e. The second-order valence-corrected chi connectivity index (χ2v) is 13.7. The fourth-order valence-electron chi connectivity index (χ4n) is 6.18. The Labute approximate surface area is 276 Å². The van der Waals surface area contributed by atoms with Crippen LogP contribution in [-0.4, -0.2) is 34.9 Å². The molecular weight excluding hydrogens is 542 g/mol. The van der Waals surface area contributed by atoms with Crippen molar-refractivity contribution in [2.75, 3.05) is 6.61 Å². The number of rotatable bonds is 36. The number of unbranched alkanes of at least 4 members (excludes halogenated alkanes) is 29. The van der Waals surface area contributed by atoms with E-state index in [4.69, 9.17) is 0 Å².